The standard InChI is InChI=1S/C16H18N4O2S.C10H14.C7H6BrN3O2S.CH2O3.2K.H/c1-20(12-11-14-5-3-2-4-6-14)13-15-7-9-16(10-8-15)23(21,22)19-18-17;1-2-3-7-10-8-5-4-6-9-10;8-5-6-1-3-7(4-2-6)14(12,13)11-10-9;2-1-4-3;;;/h2-10H,11-13H2,1H3;4-6,8-9H,2-3,7H2,1H3;1-4H,5H2;1,3H;;;/q;;;;2*+1;-1/p-1. The fraction of sp³-hybridized carbons (Fsp3) is 0.265. The Kier molecular flexibility index (Phi) is 32.1. The third-order valence-electron chi connectivity index (χ3n) is 6.66. The van der Waals surface area contributed by atoms with Crippen LogP contribution in [0.1, 0.15) is 43.4 Å². The molecule has 4 aromatic carbocycles. The van der Waals surface area contributed by atoms with E-state index >= 15 is 0 Å². The summed E-state index contributed by atoms with van der Waals surface area (Å²) in [5.74, 6) is 0. The van der Waals surface area contributed by atoms with Crippen molar-refractivity contribution in [2.75, 3.05) is 13.6 Å². The average molecular weight is 881 g/mol. The molecule has 0 spiro atoms. The zero-order chi connectivity index (χ0) is 38.0. The van der Waals surface area contributed by atoms with Crippen molar-refractivity contribution in [1.29, 1.82) is 0 Å². The van der Waals surface area contributed by atoms with Gasteiger partial charge in [-0.05, 0) is 83.9 Å². The molecule has 14 nitrogen and oxygen atoms in total. The summed E-state index contributed by atoms with van der Waals surface area (Å²) in [6, 6.07) is 33.4. The molecule has 0 atom stereocenters. The number of unbranched alkanes of at least 4 members (excludes halogenated alkanes) is 1. The van der Waals surface area contributed by atoms with Gasteiger partial charge in [0.2, 0.25) is 0 Å². The molecule has 0 bridgehead atoms. The Morgan fingerprint density at radius 2 is 1.13 bits per heavy atom. The molecule has 0 aliphatic carbocycles. The van der Waals surface area contributed by atoms with Gasteiger partial charge in [-0.25, -0.2) is 16.8 Å². The van der Waals surface area contributed by atoms with E-state index in [4.69, 9.17) is 21.1 Å². The van der Waals surface area contributed by atoms with Crippen LogP contribution in [0.15, 0.2) is 128 Å². The van der Waals surface area contributed by atoms with E-state index < -0.39 is 20.0 Å². The molecule has 0 N–H and O–H groups in total. The molecule has 0 radical (unpaired) electrons. The minimum absolute atomic E-state index is 0. The maximum atomic E-state index is 11.6. The number of hydrogen-bond donors (Lipinski definition) is 0. The van der Waals surface area contributed by atoms with Crippen LogP contribution in [0.4, 0.5) is 0 Å². The summed E-state index contributed by atoms with van der Waals surface area (Å²) in [5, 5.41) is 9.08. The number of carbonyl (C=O) groups excluding carboxylic acids is 1. The number of likely N-dealkylation sites (N-methyl/N-ethyl adjacent to an activating group) is 1. The molecular formula is C34H40BrK2N7O7S2. The van der Waals surface area contributed by atoms with Gasteiger partial charge in [0, 0.05) is 37.3 Å². The van der Waals surface area contributed by atoms with Crippen LogP contribution in [0, 0.1) is 0 Å². The summed E-state index contributed by atoms with van der Waals surface area (Å²) in [5.41, 5.74) is 21.0. The Balaban J connectivity index is -0.000000720. The van der Waals surface area contributed by atoms with Gasteiger partial charge in [-0.15, -0.1) is 0 Å². The second-order valence-corrected chi connectivity index (χ2v) is 14.2. The van der Waals surface area contributed by atoms with Gasteiger partial charge in [0.05, 0.1) is 9.79 Å². The number of nitrogens with zero attached hydrogens (tertiary/aromatic N) is 7. The average Bonchev–Trinajstić information content (AvgIpc) is 3.15. The maximum Gasteiger partial charge on any atom is 1.00 e. The molecular weight excluding hydrogens is 841 g/mol. The molecule has 19 heteroatoms. The van der Waals surface area contributed by atoms with Crippen molar-refractivity contribution in [1.82, 2.24) is 4.90 Å². The number of carbonyl (C=O) groups is 1. The summed E-state index contributed by atoms with van der Waals surface area (Å²) >= 11 is 3.23. The summed E-state index contributed by atoms with van der Waals surface area (Å²) < 4.78 is 51.1. The Labute approximate surface area is 406 Å². The zero-order valence-corrected chi connectivity index (χ0v) is 39.6. The third kappa shape index (κ3) is 23.9. The van der Waals surface area contributed by atoms with Gasteiger partial charge in [0.1, 0.15) is 0 Å². The van der Waals surface area contributed by atoms with Gasteiger partial charge >= 0.3 is 103 Å². The van der Waals surface area contributed by atoms with Crippen LogP contribution in [-0.4, -0.2) is 41.8 Å². The summed E-state index contributed by atoms with van der Waals surface area (Å²) in [7, 11) is -5.73. The van der Waals surface area contributed by atoms with Gasteiger partial charge in [0.25, 0.3) is 26.5 Å². The van der Waals surface area contributed by atoms with E-state index in [-0.39, 0.29) is 120 Å². The molecule has 274 valence electrons. The number of alkyl halides is 1. The molecule has 0 unspecified atom stereocenters. The van der Waals surface area contributed by atoms with Crippen LogP contribution < -0.4 is 108 Å². The van der Waals surface area contributed by atoms with Gasteiger partial charge in [-0.3, -0.25) is 4.79 Å². The second kappa shape index (κ2) is 31.7. The van der Waals surface area contributed by atoms with Crippen LogP contribution in [0.5, 0.6) is 0 Å². The first-order valence-electron chi connectivity index (χ1n) is 15.3. The van der Waals surface area contributed by atoms with Gasteiger partial charge < -0.3 is 16.5 Å². The summed E-state index contributed by atoms with van der Waals surface area (Å²) in [4.78, 5) is 18.0. The van der Waals surface area contributed by atoms with Gasteiger partial charge in [-0.2, -0.15) is 0 Å². The molecule has 0 heterocycles. The third-order valence-corrected chi connectivity index (χ3v) is 9.62. The van der Waals surface area contributed by atoms with Crippen LogP contribution in [0.2, 0.25) is 0 Å². The first-order chi connectivity index (χ1) is 24.5. The smallest absolute Gasteiger partial charge is 1.00 e. The monoisotopic (exact) mass is 879 g/mol. The molecule has 0 aromatic heterocycles. The Bertz CT molecular complexity index is 1910. The van der Waals surface area contributed by atoms with E-state index in [0.29, 0.717) is 11.9 Å². The molecule has 0 aliphatic heterocycles. The van der Waals surface area contributed by atoms with Crippen molar-refractivity contribution < 1.29 is 136 Å². The normalized spacial score (nSPS) is 9.91. The minimum atomic E-state index is -3.91. The topological polar surface area (TPSA) is 218 Å². The van der Waals surface area contributed by atoms with Crippen molar-refractivity contribution in [2.24, 2.45) is 9.04 Å². The van der Waals surface area contributed by atoms with Crippen molar-refractivity contribution in [3.63, 3.8) is 0 Å². The molecule has 0 saturated heterocycles. The van der Waals surface area contributed by atoms with Crippen molar-refractivity contribution in [3.05, 3.63) is 152 Å². The van der Waals surface area contributed by atoms with Gasteiger partial charge in [0.15, 0.2) is 0 Å². The van der Waals surface area contributed by atoms with Crippen LogP contribution in [-0.2, 0) is 54.4 Å². The van der Waals surface area contributed by atoms with Crippen molar-refractivity contribution >= 4 is 42.4 Å². The largest absolute Gasteiger partial charge is 1.00 e. The zero-order valence-electron chi connectivity index (χ0n) is 31.1. The van der Waals surface area contributed by atoms with E-state index in [1.165, 1.54) is 54.7 Å². The maximum absolute atomic E-state index is 11.6. The molecule has 0 fully saturated rings. The Hall–Kier alpha value is -1.46. The van der Waals surface area contributed by atoms with Crippen LogP contribution in [0.3, 0.4) is 0 Å². The number of rotatable bonds is 14. The number of azide groups is 2. The molecule has 0 saturated carbocycles. The Morgan fingerprint density at radius 1 is 0.736 bits per heavy atom. The first-order valence-corrected chi connectivity index (χ1v) is 19.3. The first kappa shape index (κ1) is 53.6. The molecule has 4 aromatic rings. The SMILES string of the molecule is CCCCc1ccccc1.CN(CCc1ccccc1)Cc1ccc(S(=O)(=O)N=[N+]=[N-])cc1.O=CO[O-].[H-].[K+].[K+].[N-]=[N+]=NS(=O)(=O)c1ccc(CBr)cc1. The number of halogens is 1. The molecule has 0 aliphatic rings. The fourth-order valence-corrected chi connectivity index (χ4v) is 5.80. The minimum Gasteiger partial charge on any atom is -1.00 e. The number of hydrogen-bond acceptors (Lipinski definition) is 8. The summed E-state index contributed by atoms with van der Waals surface area (Å²) in [6.45, 7) is 3.67. The van der Waals surface area contributed by atoms with E-state index in [0.717, 1.165) is 24.1 Å². The fourth-order valence-electron chi connectivity index (χ4n) is 4.09. The van der Waals surface area contributed by atoms with E-state index in [1.807, 2.05) is 25.2 Å². The van der Waals surface area contributed by atoms with Gasteiger partial charge in [-0.1, -0.05) is 114 Å². The summed E-state index contributed by atoms with van der Waals surface area (Å²) in [6.07, 6.45) is 4.79. The second-order valence-electron chi connectivity index (χ2n) is 10.5. The number of aryl methyl sites for hydroxylation is 1. The predicted octanol–water partition coefficient (Wildman–Crippen LogP) is 1.53. The molecule has 4 rings (SSSR count). The van der Waals surface area contributed by atoms with E-state index in [9.17, 15) is 16.8 Å². The van der Waals surface area contributed by atoms with Crippen LogP contribution >= 0.6 is 15.9 Å². The van der Waals surface area contributed by atoms with Crippen molar-refractivity contribution in [3.8, 4) is 0 Å². The quantitative estimate of drug-likeness (QED) is 0.0264. The van der Waals surface area contributed by atoms with E-state index in [1.54, 1.807) is 24.3 Å². The molecule has 53 heavy (non-hydrogen) atoms. The van der Waals surface area contributed by atoms with E-state index in [2.05, 4.69) is 94.0 Å². The number of benzene rings is 4. The van der Waals surface area contributed by atoms with Crippen molar-refractivity contribution in [2.45, 2.75) is 54.3 Å². The number of sulfonamides is 2. The van der Waals surface area contributed by atoms with Crippen LogP contribution in [0.25, 0.3) is 20.9 Å². The Morgan fingerprint density at radius 3 is 1.49 bits per heavy atom. The molecule has 0 amide bonds. The predicted molar refractivity (Wildman–Crippen MR) is 198 cm³/mol.